The number of benzene rings is 2. The fraction of sp³-hybridized carbons (Fsp3) is 0.294. The Balaban J connectivity index is 1.65. The van der Waals surface area contributed by atoms with E-state index >= 15 is 0 Å². The van der Waals surface area contributed by atoms with Crippen LogP contribution in [0.2, 0.25) is 0 Å². The van der Waals surface area contributed by atoms with Gasteiger partial charge in [-0.2, -0.15) is 0 Å². The lowest BCUT2D eigenvalue weighted by atomic mass is 9.94. The molecule has 0 aromatic heterocycles. The van der Waals surface area contributed by atoms with Crippen molar-refractivity contribution in [2.45, 2.75) is 18.5 Å². The number of hydrogen-bond acceptors (Lipinski definition) is 2. The SMILES string of the molecule is Fc1ccc(C2CNCC2NCc2ccccc2)cc1. The standard InChI is InChI=1S/C17H19FN2/c18-15-8-6-14(7-9-15)16-11-19-12-17(16)20-10-13-4-2-1-3-5-13/h1-9,16-17,19-20H,10-12H2. The molecular formula is C17H19FN2. The van der Waals surface area contributed by atoms with Crippen molar-refractivity contribution in [3.8, 4) is 0 Å². The maximum atomic E-state index is 13.0. The number of rotatable bonds is 4. The average Bonchev–Trinajstić information content (AvgIpc) is 2.95. The van der Waals surface area contributed by atoms with Gasteiger partial charge in [-0.15, -0.1) is 0 Å². The van der Waals surface area contributed by atoms with E-state index in [1.165, 1.54) is 11.1 Å². The third-order valence-electron chi connectivity index (χ3n) is 3.92. The largest absolute Gasteiger partial charge is 0.314 e. The van der Waals surface area contributed by atoms with Crippen molar-refractivity contribution in [2.24, 2.45) is 0 Å². The molecule has 104 valence electrons. The molecule has 2 atom stereocenters. The normalized spacial score (nSPS) is 22.1. The van der Waals surface area contributed by atoms with Gasteiger partial charge in [0.05, 0.1) is 0 Å². The van der Waals surface area contributed by atoms with Crippen LogP contribution >= 0.6 is 0 Å². The van der Waals surface area contributed by atoms with Crippen LogP contribution in [-0.2, 0) is 6.54 Å². The van der Waals surface area contributed by atoms with Crippen LogP contribution in [0, 0.1) is 5.82 Å². The summed E-state index contributed by atoms with van der Waals surface area (Å²) in [5.74, 6) is 0.229. The first-order chi connectivity index (χ1) is 9.83. The highest BCUT2D eigenvalue weighted by Crippen LogP contribution is 2.23. The van der Waals surface area contributed by atoms with Crippen molar-refractivity contribution in [1.82, 2.24) is 10.6 Å². The minimum Gasteiger partial charge on any atom is -0.314 e. The van der Waals surface area contributed by atoms with Crippen molar-refractivity contribution < 1.29 is 4.39 Å². The molecule has 0 amide bonds. The molecule has 2 aromatic rings. The van der Waals surface area contributed by atoms with E-state index in [-0.39, 0.29) is 5.82 Å². The second kappa shape index (κ2) is 6.16. The Hall–Kier alpha value is -1.71. The Morgan fingerprint density at radius 1 is 1.00 bits per heavy atom. The van der Waals surface area contributed by atoms with Crippen LogP contribution < -0.4 is 10.6 Å². The zero-order chi connectivity index (χ0) is 13.8. The summed E-state index contributed by atoms with van der Waals surface area (Å²) < 4.78 is 13.0. The molecule has 1 fully saturated rings. The molecule has 3 rings (SSSR count). The fourth-order valence-corrected chi connectivity index (χ4v) is 2.80. The molecule has 2 unspecified atom stereocenters. The highest BCUT2D eigenvalue weighted by Gasteiger charge is 2.27. The highest BCUT2D eigenvalue weighted by atomic mass is 19.1. The zero-order valence-corrected chi connectivity index (χ0v) is 11.4. The summed E-state index contributed by atoms with van der Waals surface area (Å²) in [6.07, 6.45) is 0. The third kappa shape index (κ3) is 3.06. The molecule has 2 aromatic carbocycles. The molecule has 0 saturated carbocycles. The van der Waals surface area contributed by atoms with Gasteiger partial charge in [-0.3, -0.25) is 0 Å². The number of halogens is 1. The minimum absolute atomic E-state index is 0.173. The molecule has 0 spiro atoms. The zero-order valence-electron chi connectivity index (χ0n) is 11.4. The topological polar surface area (TPSA) is 24.1 Å². The van der Waals surface area contributed by atoms with E-state index in [0.29, 0.717) is 12.0 Å². The first-order valence-corrected chi connectivity index (χ1v) is 7.06. The smallest absolute Gasteiger partial charge is 0.123 e. The van der Waals surface area contributed by atoms with Gasteiger partial charge in [-0.1, -0.05) is 42.5 Å². The molecule has 0 radical (unpaired) electrons. The van der Waals surface area contributed by atoms with Crippen LogP contribution in [0.25, 0.3) is 0 Å². The van der Waals surface area contributed by atoms with Gasteiger partial charge in [0.2, 0.25) is 0 Å². The van der Waals surface area contributed by atoms with Gasteiger partial charge >= 0.3 is 0 Å². The van der Waals surface area contributed by atoms with E-state index in [4.69, 9.17) is 0 Å². The Kier molecular flexibility index (Phi) is 4.09. The van der Waals surface area contributed by atoms with Crippen molar-refractivity contribution in [2.75, 3.05) is 13.1 Å². The molecule has 2 nitrogen and oxygen atoms in total. The summed E-state index contributed by atoms with van der Waals surface area (Å²) in [5.41, 5.74) is 2.49. The van der Waals surface area contributed by atoms with Crippen LogP contribution in [0.5, 0.6) is 0 Å². The van der Waals surface area contributed by atoms with Crippen molar-refractivity contribution >= 4 is 0 Å². The second-order valence-corrected chi connectivity index (χ2v) is 5.29. The second-order valence-electron chi connectivity index (χ2n) is 5.29. The highest BCUT2D eigenvalue weighted by molar-refractivity contribution is 5.24. The first-order valence-electron chi connectivity index (χ1n) is 7.06. The van der Waals surface area contributed by atoms with E-state index in [2.05, 4.69) is 34.9 Å². The summed E-state index contributed by atoms with van der Waals surface area (Å²) in [5, 5.41) is 7.02. The average molecular weight is 270 g/mol. The molecule has 1 aliphatic rings. The molecule has 20 heavy (non-hydrogen) atoms. The lowest BCUT2D eigenvalue weighted by Crippen LogP contribution is -2.34. The molecule has 1 aliphatic heterocycles. The Bertz CT molecular complexity index is 539. The van der Waals surface area contributed by atoms with Gasteiger partial charge < -0.3 is 10.6 Å². The number of nitrogens with one attached hydrogen (secondary N) is 2. The van der Waals surface area contributed by atoms with Crippen molar-refractivity contribution in [3.05, 3.63) is 71.5 Å². The van der Waals surface area contributed by atoms with Gasteiger partial charge in [0.15, 0.2) is 0 Å². The molecule has 3 heteroatoms. The van der Waals surface area contributed by atoms with Crippen molar-refractivity contribution in [3.63, 3.8) is 0 Å². The molecule has 0 bridgehead atoms. The minimum atomic E-state index is -0.173. The monoisotopic (exact) mass is 270 g/mol. The summed E-state index contributed by atoms with van der Waals surface area (Å²) >= 11 is 0. The van der Waals surface area contributed by atoms with E-state index in [0.717, 1.165) is 19.6 Å². The van der Waals surface area contributed by atoms with Crippen LogP contribution in [0.15, 0.2) is 54.6 Å². The van der Waals surface area contributed by atoms with E-state index in [1.807, 2.05) is 18.2 Å². The maximum absolute atomic E-state index is 13.0. The van der Waals surface area contributed by atoms with Gasteiger partial charge in [-0.25, -0.2) is 4.39 Å². The summed E-state index contributed by atoms with van der Waals surface area (Å²) in [6.45, 7) is 2.76. The first kappa shape index (κ1) is 13.3. The van der Waals surface area contributed by atoms with E-state index in [1.54, 1.807) is 12.1 Å². The molecule has 1 saturated heterocycles. The van der Waals surface area contributed by atoms with Crippen LogP contribution in [-0.4, -0.2) is 19.1 Å². The van der Waals surface area contributed by atoms with Crippen molar-refractivity contribution in [1.29, 1.82) is 0 Å². The van der Waals surface area contributed by atoms with Crippen LogP contribution in [0.1, 0.15) is 17.0 Å². The van der Waals surface area contributed by atoms with E-state index < -0.39 is 0 Å². The third-order valence-corrected chi connectivity index (χ3v) is 3.92. The lowest BCUT2D eigenvalue weighted by Gasteiger charge is -2.20. The Morgan fingerprint density at radius 2 is 1.75 bits per heavy atom. The quantitative estimate of drug-likeness (QED) is 0.892. The van der Waals surface area contributed by atoms with E-state index in [9.17, 15) is 4.39 Å². The van der Waals surface area contributed by atoms with Gasteiger partial charge in [0, 0.05) is 31.6 Å². The number of hydrogen-bond donors (Lipinski definition) is 2. The molecule has 1 heterocycles. The van der Waals surface area contributed by atoms with Crippen LogP contribution in [0.3, 0.4) is 0 Å². The summed E-state index contributed by atoms with van der Waals surface area (Å²) in [7, 11) is 0. The maximum Gasteiger partial charge on any atom is 0.123 e. The lowest BCUT2D eigenvalue weighted by molar-refractivity contribution is 0.503. The summed E-state index contributed by atoms with van der Waals surface area (Å²) in [6, 6.07) is 17.7. The molecule has 2 N–H and O–H groups in total. The summed E-state index contributed by atoms with van der Waals surface area (Å²) in [4.78, 5) is 0. The van der Waals surface area contributed by atoms with Gasteiger partial charge in [0.1, 0.15) is 5.82 Å². The van der Waals surface area contributed by atoms with Gasteiger partial charge in [-0.05, 0) is 23.3 Å². The predicted octanol–water partition coefficient (Wildman–Crippen LogP) is 2.67. The van der Waals surface area contributed by atoms with Crippen LogP contribution in [0.4, 0.5) is 4.39 Å². The predicted molar refractivity (Wildman–Crippen MR) is 79.1 cm³/mol. The van der Waals surface area contributed by atoms with Gasteiger partial charge in [0.25, 0.3) is 0 Å². The molecular weight excluding hydrogens is 251 g/mol. The Labute approximate surface area is 119 Å². The fourth-order valence-electron chi connectivity index (χ4n) is 2.80. The molecule has 0 aliphatic carbocycles. The Morgan fingerprint density at radius 3 is 2.50 bits per heavy atom.